The van der Waals surface area contributed by atoms with Gasteiger partial charge in [-0.3, -0.25) is 4.90 Å². The molecule has 1 amide bonds. The van der Waals surface area contributed by atoms with E-state index in [2.05, 4.69) is 22.2 Å². The van der Waals surface area contributed by atoms with E-state index in [1.807, 2.05) is 22.9 Å². The van der Waals surface area contributed by atoms with Crippen LogP contribution in [0.4, 0.5) is 29.3 Å². The van der Waals surface area contributed by atoms with Crippen molar-refractivity contribution in [2.45, 2.75) is 51.4 Å². The first-order valence-corrected chi connectivity index (χ1v) is 12.7. The Morgan fingerprint density at radius 1 is 1.28 bits per heavy atom. The molecule has 1 aromatic heterocycles. The number of aromatic nitrogens is 2. The minimum atomic E-state index is -4.38. The maximum absolute atomic E-state index is 14.0. The summed E-state index contributed by atoms with van der Waals surface area (Å²) in [5.74, 6) is 0.313. The molecule has 3 heterocycles. The van der Waals surface area contributed by atoms with Crippen LogP contribution in [0.15, 0.2) is 30.6 Å². The molecule has 36 heavy (non-hydrogen) atoms. The normalized spacial score (nSPS) is 26.2. The Bertz CT molecular complexity index is 1110. The third-order valence-electron chi connectivity index (χ3n) is 8.49. The van der Waals surface area contributed by atoms with Crippen molar-refractivity contribution in [2.24, 2.45) is 11.3 Å². The van der Waals surface area contributed by atoms with Gasteiger partial charge in [0, 0.05) is 51.5 Å². The van der Waals surface area contributed by atoms with Crippen molar-refractivity contribution in [3.05, 3.63) is 41.7 Å². The maximum Gasteiger partial charge on any atom is 0.416 e. The molecule has 1 aliphatic carbocycles. The summed E-state index contributed by atoms with van der Waals surface area (Å²) in [6, 6.07) is 4.88. The van der Waals surface area contributed by atoms with Gasteiger partial charge >= 0.3 is 12.2 Å². The van der Waals surface area contributed by atoms with Gasteiger partial charge in [0.15, 0.2) is 0 Å². The number of nitrogens with zero attached hydrogens (tertiary/aromatic N) is 5. The predicted octanol–water partition coefficient (Wildman–Crippen LogP) is 4.74. The maximum atomic E-state index is 14.0. The molecular weight excluding hydrogens is 469 g/mol. The van der Waals surface area contributed by atoms with Crippen molar-refractivity contribution in [2.75, 3.05) is 50.5 Å². The number of nitrogens with one attached hydrogen (secondary N) is 1. The van der Waals surface area contributed by atoms with Crippen molar-refractivity contribution < 1.29 is 18.0 Å². The number of benzene rings is 1. The number of rotatable bonds is 5. The molecule has 3 aliphatic rings. The van der Waals surface area contributed by atoms with E-state index < -0.39 is 11.7 Å². The molecule has 3 atom stereocenters. The number of carbonyl (C=O) groups is 1. The van der Waals surface area contributed by atoms with E-state index in [-0.39, 0.29) is 24.0 Å². The number of amides is 1. The molecule has 2 aromatic rings. The number of anilines is 2. The fourth-order valence-corrected chi connectivity index (χ4v) is 6.38. The highest BCUT2D eigenvalue weighted by Crippen LogP contribution is 2.50. The Balaban J connectivity index is 1.25. The molecule has 2 aliphatic heterocycles. The second-order valence-electron chi connectivity index (χ2n) is 11.0. The summed E-state index contributed by atoms with van der Waals surface area (Å²) in [4.78, 5) is 18.9. The van der Waals surface area contributed by atoms with Crippen LogP contribution in [-0.4, -0.2) is 71.9 Å². The monoisotopic (exact) mass is 504 g/mol. The van der Waals surface area contributed by atoms with Gasteiger partial charge in [-0.1, -0.05) is 13.0 Å². The molecule has 3 fully saturated rings. The van der Waals surface area contributed by atoms with Crippen LogP contribution in [0, 0.1) is 11.3 Å². The third kappa shape index (κ3) is 4.67. The lowest BCUT2D eigenvalue weighted by Crippen LogP contribution is -2.37. The van der Waals surface area contributed by atoms with Crippen LogP contribution < -0.4 is 10.2 Å². The Morgan fingerprint density at radius 2 is 2.03 bits per heavy atom. The Labute approximate surface area is 210 Å². The van der Waals surface area contributed by atoms with Gasteiger partial charge in [-0.15, -0.1) is 0 Å². The van der Waals surface area contributed by atoms with Gasteiger partial charge in [0.1, 0.15) is 0 Å². The Kier molecular flexibility index (Phi) is 6.43. The van der Waals surface area contributed by atoms with Crippen LogP contribution in [0.3, 0.4) is 0 Å². The summed E-state index contributed by atoms with van der Waals surface area (Å²) in [6.45, 7) is 5.36. The highest BCUT2D eigenvalue weighted by Gasteiger charge is 2.52. The van der Waals surface area contributed by atoms with Crippen molar-refractivity contribution in [3.63, 3.8) is 0 Å². The summed E-state index contributed by atoms with van der Waals surface area (Å²) in [6.07, 6.45) is 2.68. The second-order valence-corrected chi connectivity index (χ2v) is 11.0. The third-order valence-corrected chi connectivity index (χ3v) is 8.49. The molecule has 7 nitrogen and oxygen atoms in total. The number of hydrogen-bond donors (Lipinski definition) is 1. The molecule has 10 heteroatoms. The average Bonchev–Trinajstić information content (AvgIpc) is 3.61. The summed E-state index contributed by atoms with van der Waals surface area (Å²) in [5, 5.41) is 7.13. The molecule has 1 aromatic carbocycles. The number of hydrogen-bond acceptors (Lipinski definition) is 5. The molecular formula is C26H35F3N6O. The zero-order chi connectivity index (χ0) is 25.7. The molecule has 1 N–H and O–H groups in total. The zero-order valence-electron chi connectivity index (χ0n) is 21.2. The van der Waals surface area contributed by atoms with Crippen LogP contribution in [-0.2, 0) is 12.7 Å². The molecule has 2 saturated heterocycles. The lowest BCUT2D eigenvalue weighted by molar-refractivity contribution is -0.138. The molecule has 1 saturated carbocycles. The van der Waals surface area contributed by atoms with Crippen LogP contribution in [0.25, 0.3) is 0 Å². The first-order valence-electron chi connectivity index (χ1n) is 12.7. The predicted molar refractivity (Wildman–Crippen MR) is 133 cm³/mol. The van der Waals surface area contributed by atoms with E-state index in [0.717, 1.165) is 44.5 Å². The van der Waals surface area contributed by atoms with Crippen LogP contribution in [0.1, 0.15) is 43.7 Å². The van der Waals surface area contributed by atoms with Crippen molar-refractivity contribution in [1.29, 1.82) is 0 Å². The van der Waals surface area contributed by atoms with Gasteiger partial charge in [-0.25, -0.2) is 4.79 Å². The van der Waals surface area contributed by atoms with Crippen LogP contribution in [0.2, 0.25) is 0 Å². The average molecular weight is 505 g/mol. The SMILES string of the molecule is CNc1cnn(C(=O)N2CC3C[C@@H](N(C)Cc4ccc(N5CCCC5)cc4C(F)(F)F)CC3(C)C2)c1. The first kappa shape index (κ1) is 24.9. The summed E-state index contributed by atoms with van der Waals surface area (Å²) in [5.41, 5.74) is 1.19. The summed E-state index contributed by atoms with van der Waals surface area (Å²) >= 11 is 0. The van der Waals surface area contributed by atoms with Crippen molar-refractivity contribution in [3.8, 4) is 0 Å². The minimum Gasteiger partial charge on any atom is -0.386 e. The van der Waals surface area contributed by atoms with Gasteiger partial charge in [0.25, 0.3) is 0 Å². The molecule has 2 unspecified atom stereocenters. The van der Waals surface area contributed by atoms with Crippen molar-refractivity contribution >= 4 is 17.4 Å². The van der Waals surface area contributed by atoms with Gasteiger partial charge < -0.3 is 15.1 Å². The first-order chi connectivity index (χ1) is 17.1. The molecule has 0 bridgehead atoms. The standard InChI is InChI=1S/C26H35F3N6O/c1-25-12-22(10-19(25)15-34(17-25)24(36)35-16-20(30-2)13-31-35)32(3)14-18-6-7-21(33-8-4-5-9-33)11-23(18)26(27,28)29/h6-7,11,13,16,19,22,30H,4-5,8-10,12,14-15,17H2,1-3H3/t19?,22-,25?/m1/s1. The number of carbonyl (C=O) groups excluding carboxylic acids is 1. The smallest absolute Gasteiger partial charge is 0.386 e. The summed E-state index contributed by atoms with van der Waals surface area (Å²) < 4.78 is 43.3. The van der Waals surface area contributed by atoms with Crippen molar-refractivity contribution in [1.82, 2.24) is 19.6 Å². The van der Waals surface area contributed by atoms with E-state index in [4.69, 9.17) is 0 Å². The van der Waals surface area contributed by atoms with Gasteiger partial charge in [-0.05, 0) is 61.8 Å². The van der Waals surface area contributed by atoms with E-state index in [1.165, 1.54) is 10.7 Å². The van der Waals surface area contributed by atoms with E-state index in [1.54, 1.807) is 25.5 Å². The number of halogens is 3. The molecule has 5 rings (SSSR count). The Morgan fingerprint density at radius 3 is 2.67 bits per heavy atom. The van der Waals surface area contributed by atoms with Gasteiger partial charge in [0.05, 0.1) is 23.6 Å². The highest BCUT2D eigenvalue weighted by molar-refractivity contribution is 5.77. The Hall–Kier alpha value is -2.75. The molecule has 0 spiro atoms. The minimum absolute atomic E-state index is 0.0555. The van der Waals surface area contributed by atoms with Gasteiger partial charge in [-0.2, -0.15) is 23.0 Å². The van der Waals surface area contributed by atoms with E-state index in [9.17, 15) is 18.0 Å². The fraction of sp³-hybridized carbons (Fsp3) is 0.615. The van der Waals surface area contributed by atoms with E-state index >= 15 is 0 Å². The van der Waals surface area contributed by atoms with E-state index in [0.29, 0.717) is 30.3 Å². The molecule has 196 valence electrons. The van der Waals surface area contributed by atoms with Crippen LogP contribution in [0.5, 0.6) is 0 Å². The lowest BCUT2D eigenvalue weighted by atomic mass is 9.83. The van der Waals surface area contributed by atoms with Crippen LogP contribution >= 0.6 is 0 Å². The largest absolute Gasteiger partial charge is 0.416 e. The summed E-state index contributed by atoms with van der Waals surface area (Å²) in [7, 11) is 3.71. The zero-order valence-corrected chi connectivity index (χ0v) is 21.2. The quantitative estimate of drug-likeness (QED) is 0.637. The number of alkyl halides is 3. The van der Waals surface area contributed by atoms with Gasteiger partial charge in [0.2, 0.25) is 0 Å². The topological polar surface area (TPSA) is 56.6 Å². The fourth-order valence-electron chi connectivity index (χ4n) is 6.38. The lowest BCUT2D eigenvalue weighted by Gasteiger charge is -2.30. The molecule has 0 radical (unpaired) electrons. The number of likely N-dealkylation sites (tertiary alicyclic amines) is 1. The second kappa shape index (κ2) is 9.28. The highest BCUT2D eigenvalue weighted by atomic mass is 19.4. The number of fused-ring (bicyclic) bond motifs is 1.